The van der Waals surface area contributed by atoms with Crippen molar-refractivity contribution in [3.63, 3.8) is 0 Å². The summed E-state index contributed by atoms with van der Waals surface area (Å²) in [5.41, 5.74) is 5.92. The van der Waals surface area contributed by atoms with Gasteiger partial charge in [0.1, 0.15) is 5.82 Å². The Kier molecular flexibility index (Phi) is 5.20. The number of anilines is 2. The van der Waals surface area contributed by atoms with Crippen LogP contribution in [0.1, 0.15) is 49.7 Å². The number of para-hydroxylation sites is 1. The first kappa shape index (κ1) is 21.6. The van der Waals surface area contributed by atoms with Crippen molar-refractivity contribution in [2.24, 2.45) is 0 Å². The minimum atomic E-state index is -0.302. The third-order valence-electron chi connectivity index (χ3n) is 6.79. The molecule has 3 heterocycles. The molecule has 1 saturated heterocycles. The number of pyridine rings is 1. The molecule has 6 heteroatoms. The van der Waals surface area contributed by atoms with Crippen LogP contribution in [0.5, 0.6) is 0 Å². The average Bonchev–Trinajstić information content (AvgIpc) is 3.15. The van der Waals surface area contributed by atoms with Gasteiger partial charge in [-0.3, -0.25) is 4.98 Å². The van der Waals surface area contributed by atoms with Gasteiger partial charge in [-0.15, -0.1) is 0 Å². The molecule has 1 fully saturated rings. The summed E-state index contributed by atoms with van der Waals surface area (Å²) in [5.74, 6) is -0.302. The van der Waals surface area contributed by atoms with Crippen LogP contribution in [0.25, 0.3) is 5.57 Å². The molecule has 2 aliphatic heterocycles. The van der Waals surface area contributed by atoms with E-state index in [0.29, 0.717) is 10.8 Å². The second-order valence-corrected chi connectivity index (χ2v) is 9.65. The lowest BCUT2D eigenvalue weighted by Gasteiger charge is -2.41. The van der Waals surface area contributed by atoms with Gasteiger partial charge in [-0.1, -0.05) is 30.3 Å². The lowest BCUT2D eigenvalue weighted by atomic mass is 9.86. The van der Waals surface area contributed by atoms with E-state index < -0.39 is 0 Å². The van der Waals surface area contributed by atoms with Crippen LogP contribution in [0, 0.1) is 5.82 Å². The molecule has 0 radical (unpaired) electrons. The van der Waals surface area contributed by atoms with Crippen LogP contribution in [-0.4, -0.2) is 22.7 Å². The van der Waals surface area contributed by atoms with E-state index in [0.717, 1.165) is 11.3 Å². The Morgan fingerprint density at radius 3 is 2.52 bits per heavy atom. The van der Waals surface area contributed by atoms with Crippen LogP contribution in [0.4, 0.5) is 15.8 Å². The summed E-state index contributed by atoms with van der Waals surface area (Å²) in [5, 5.41) is 3.90. The van der Waals surface area contributed by atoms with Gasteiger partial charge < -0.3 is 15.1 Å². The molecule has 33 heavy (non-hydrogen) atoms. The zero-order valence-electron chi connectivity index (χ0n) is 19.2. The first-order chi connectivity index (χ1) is 15.8. The van der Waals surface area contributed by atoms with Gasteiger partial charge in [0.15, 0.2) is 5.11 Å². The summed E-state index contributed by atoms with van der Waals surface area (Å²) < 4.78 is 14.9. The van der Waals surface area contributed by atoms with Crippen molar-refractivity contribution in [3.8, 4) is 0 Å². The summed E-state index contributed by atoms with van der Waals surface area (Å²) in [6.45, 7) is 6.58. The van der Waals surface area contributed by atoms with Gasteiger partial charge in [0.2, 0.25) is 0 Å². The normalized spacial score (nSPS) is 21.5. The first-order valence-electron chi connectivity index (χ1n) is 11.1. The molecule has 3 aromatic rings. The lowest BCUT2D eigenvalue weighted by Crippen LogP contribution is -2.42. The van der Waals surface area contributed by atoms with Crippen molar-refractivity contribution in [2.75, 3.05) is 16.8 Å². The van der Waals surface area contributed by atoms with Crippen molar-refractivity contribution in [1.29, 1.82) is 0 Å². The van der Waals surface area contributed by atoms with Gasteiger partial charge in [0.25, 0.3) is 0 Å². The van der Waals surface area contributed by atoms with Crippen LogP contribution in [0.2, 0.25) is 0 Å². The quantitative estimate of drug-likeness (QED) is 0.485. The van der Waals surface area contributed by atoms with Gasteiger partial charge in [-0.2, -0.15) is 0 Å². The fourth-order valence-electron chi connectivity index (χ4n) is 4.96. The van der Waals surface area contributed by atoms with E-state index in [9.17, 15) is 4.39 Å². The summed E-state index contributed by atoms with van der Waals surface area (Å²) in [6, 6.07) is 18.7. The summed E-state index contributed by atoms with van der Waals surface area (Å²) in [7, 11) is 2.12. The van der Waals surface area contributed by atoms with Crippen LogP contribution in [0.15, 0.2) is 72.9 Å². The second kappa shape index (κ2) is 7.96. The molecule has 4 nitrogen and oxygen atoms in total. The fraction of sp³-hybridized carbons (Fsp3) is 0.259. The van der Waals surface area contributed by atoms with Gasteiger partial charge in [0, 0.05) is 24.5 Å². The van der Waals surface area contributed by atoms with E-state index in [-0.39, 0.29) is 23.4 Å². The maximum absolute atomic E-state index is 14.9. The van der Waals surface area contributed by atoms with Crippen LogP contribution >= 0.6 is 12.2 Å². The van der Waals surface area contributed by atoms with E-state index in [1.165, 1.54) is 22.9 Å². The van der Waals surface area contributed by atoms with Gasteiger partial charge >= 0.3 is 0 Å². The predicted octanol–water partition coefficient (Wildman–Crippen LogP) is 6.03. The van der Waals surface area contributed by atoms with Gasteiger partial charge in [0.05, 0.1) is 29.0 Å². The van der Waals surface area contributed by atoms with E-state index in [1.807, 2.05) is 29.2 Å². The molecular formula is C27H27FN4S. The minimum absolute atomic E-state index is 0.0647. The number of halogens is 1. The average molecular weight is 459 g/mol. The largest absolute Gasteiger partial charge is 0.366 e. The number of rotatable bonds is 3. The van der Waals surface area contributed by atoms with Crippen molar-refractivity contribution in [2.45, 2.75) is 38.4 Å². The fourth-order valence-corrected chi connectivity index (χ4v) is 5.30. The van der Waals surface area contributed by atoms with Crippen molar-refractivity contribution < 1.29 is 4.39 Å². The molecule has 2 aliphatic rings. The number of likely N-dealkylation sites (N-methyl/N-ethyl adjacent to an activating group) is 1. The molecule has 5 rings (SSSR count). The Morgan fingerprint density at radius 1 is 1.03 bits per heavy atom. The van der Waals surface area contributed by atoms with Crippen LogP contribution < -0.4 is 15.1 Å². The highest BCUT2D eigenvalue weighted by Crippen LogP contribution is 2.45. The Hall–Kier alpha value is -3.25. The number of nitrogens with zero attached hydrogens (tertiary/aromatic N) is 3. The Balaban J connectivity index is 1.67. The van der Waals surface area contributed by atoms with E-state index >= 15 is 0 Å². The monoisotopic (exact) mass is 458 g/mol. The van der Waals surface area contributed by atoms with Crippen LogP contribution in [-0.2, 0) is 0 Å². The van der Waals surface area contributed by atoms with Crippen LogP contribution in [0.3, 0.4) is 0 Å². The second-order valence-electron chi connectivity index (χ2n) is 9.26. The molecule has 2 unspecified atom stereocenters. The van der Waals surface area contributed by atoms with Crippen molar-refractivity contribution in [3.05, 3.63) is 95.6 Å². The van der Waals surface area contributed by atoms with E-state index in [4.69, 9.17) is 12.2 Å². The maximum atomic E-state index is 14.9. The number of aromatic nitrogens is 1. The summed E-state index contributed by atoms with van der Waals surface area (Å²) >= 11 is 5.73. The van der Waals surface area contributed by atoms with Gasteiger partial charge in [-0.25, -0.2) is 4.39 Å². The van der Waals surface area contributed by atoms with Gasteiger partial charge in [-0.05, 0) is 80.5 Å². The number of hydrogen-bond acceptors (Lipinski definition) is 3. The standard InChI is InChI=1S/C27H27FN4S/c1-17-16-27(2,3)31(4)22-13-12-18(15-19(17)22)25-24(21-10-7-8-14-29-21)30-26(33)32(25)23-11-6-5-9-20(23)28/h5-16,24-25H,1-4H3,(H,30,33). The highest BCUT2D eigenvalue weighted by atomic mass is 32.1. The zero-order valence-corrected chi connectivity index (χ0v) is 20.0. The molecule has 0 spiro atoms. The number of benzene rings is 2. The Morgan fingerprint density at radius 2 is 1.79 bits per heavy atom. The number of nitrogens with one attached hydrogen (secondary N) is 1. The molecule has 1 N–H and O–H groups in total. The molecule has 2 atom stereocenters. The SMILES string of the molecule is CC1=CC(C)(C)N(C)c2ccc(C3C(c4ccccn4)NC(=S)N3c3ccccc3F)cc21. The lowest BCUT2D eigenvalue weighted by molar-refractivity contribution is 0.557. The highest BCUT2D eigenvalue weighted by Gasteiger charge is 2.42. The predicted molar refractivity (Wildman–Crippen MR) is 137 cm³/mol. The van der Waals surface area contributed by atoms with E-state index in [1.54, 1.807) is 18.3 Å². The van der Waals surface area contributed by atoms with Crippen molar-refractivity contribution >= 4 is 34.3 Å². The number of thiocarbonyl (C=S) groups is 1. The first-order valence-corrected chi connectivity index (χ1v) is 11.5. The third-order valence-corrected chi connectivity index (χ3v) is 7.11. The molecular weight excluding hydrogens is 431 g/mol. The molecule has 1 aromatic heterocycles. The minimum Gasteiger partial charge on any atom is -0.366 e. The van der Waals surface area contributed by atoms with E-state index in [2.05, 4.69) is 67.3 Å². The number of fused-ring (bicyclic) bond motifs is 1. The highest BCUT2D eigenvalue weighted by molar-refractivity contribution is 7.80. The Bertz CT molecular complexity index is 1250. The summed E-state index contributed by atoms with van der Waals surface area (Å²) in [6.07, 6.45) is 4.07. The molecule has 0 saturated carbocycles. The topological polar surface area (TPSA) is 31.4 Å². The zero-order chi connectivity index (χ0) is 23.3. The van der Waals surface area contributed by atoms with Crippen molar-refractivity contribution in [1.82, 2.24) is 10.3 Å². The molecule has 0 bridgehead atoms. The smallest absolute Gasteiger partial charge is 0.174 e. The molecule has 0 aliphatic carbocycles. The molecule has 2 aromatic carbocycles. The number of allylic oxidation sites excluding steroid dienone is 1. The third kappa shape index (κ3) is 3.59. The maximum Gasteiger partial charge on any atom is 0.174 e. The summed E-state index contributed by atoms with van der Waals surface area (Å²) in [4.78, 5) is 8.78. The molecule has 168 valence electrons. The molecule has 0 amide bonds. The Labute approximate surface area is 199 Å². The number of hydrogen-bond donors (Lipinski definition) is 1.